The number of benzene rings is 1. The summed E-state index contributed by atoms with van der Waals surface area (Å²) in [5, 5.41) is 3.16. The number of hydrogen-bond donors (Lipinski definition) is 1. The number of nitrogens with zero attached hydrogens (tertiary/aromatic N) is 2. The molecule has 29 heavy (non-hydrogen) atoms. The minimum absolute atomic E-state index is 0.0556. The first-order valence-corrected chi connectivity index (χ1v) is 10.0. The van der Waals surface area contributed by atoms with E-state index < -0.39 is 0 Å². The lowest BCUT2D eigenvalue weighted by molar-refractivity contribution is -0.117. The largest absolute Gasteiger partial charge is 0.471 e. The van der Waals surface area contributed by atoms with Gasteiger partial charge in [0.2, 0.25) is 11.8 Å². The summed E-state index contributed by atoms with van der Waals surface area (Å²) in [7, 11) is 0. The van der Waals surface area contributed by atoms with Gasteiger partial charge in [-0.15, -0.1) is 0 Å². The zero-order chi connectivity index (χ0) is 20.2. The summed E-state index contributed by atoms with van der Waals surface area (Å²) in [6.07, 6.45) is 2.58. The molecule has 2 aromatic rings. The SMILES string of the molecule is O=C(NCC1CC(=O)N(c2ccccc2)C1)c1cnc(OC2CCOC2)c(Cl)c1. The number of carbonyl (C=O) groups excluding carboxylic acids is 2. The molecule has 7 nitrogen and oxygen atoms in total. The van der Waals surface area contributed by atoms with Crippen LogP contribution in [0.4, 0.5) is 5.69 Å². The number of pyridine rings is 1. The average molecular weight is 416 g/mol. The first kappa shape index (κ1) is 19.7. The van der Waals surface area contributed by atoms with Crippen molar-refractivity contribution in [2.45, 2.75) is 18.9 Å². The highest BCUT2D eigenvalue weighted by atomic mass is 35.5. The van der Waals surface area contributed by atoms with Gasteiger partial charge < -0.3 is 19.7 Å². The van der Waals surface area contributed by atoms with Gasteiger partial charge in [-0.05, 0) is 18.2 Å². The molecule has 0 spiro atoms. The zero-order valence-corrected chi connectivity index (χ0v) is 16.6. The number of aromatic nitrogens is 1. The summed E-state index contributed by atoms with van der Waals surface area (Å²) in [4.78, 5) is 30.7. The smallest absolute Gasteiger partial charge is 0.252 e. The summed E-state index contributed by atoms with van der Waals surface area (Å²) >= 11 is 6.23. The average Bonchev–Trinajstić information content (AvgIpc) is 3.38. The number of nitrogens with one attached hydrogen (secondary N) is 1. The van der Waals surface area contributed by atoms with E-state index in [1.807, 2.05) is 30.3 Å². The van der Waals surface area contributed by atoms with Gasteiger partial charge in [0.1, 0.15) is 11.1 Å². The van der Waals surface area contributed by atoms with Gasteiger partial charge in [-0.25, -0.2) is 4.98 Å². The fraction of sp³-hybridized carbons (Fsp3) is 0.381. The Hall–Kier alpha value is -2.64. The van der Waals surface area contributed by atoms with Crippen LogP contribution in [0, 0.1) is 5.92 Å². The molecule has 2 aliphatic rings. The maximum atomic E-state index is 12.5. The number of anilines is 1. The molecule has 2 fully saturated rings. The second-order valence-electron chi connectivity index (χ2n) is 7.23. The molecule has 0 bridgehead atoms. The van der Waals surface area contributed by atoms with Crippen molar-refractivity contribution in [1.82, 2.24) is 10.3 Å². The van der Waals surface area contributed by atoms with Crippen molar-refractivity contribution in [1.29, 1.82) is 0 Å². The number of ether oxygens (including phenoxy) is 2. The van der Waals surface area contributed by atoms with E-state index in [1.165, 1.54) is 6.20 Å². The molecule has 1 aromatic carbocycles. The third-order valence-electron chi connectivity index (χ3n) is 5.06. The fourth-order valence-corrected chi connectivity index (χ4v) is 3.73. The fourth-order valence-electron chi connectivity index (χ4n) is 3.51. The Morgan fingerprint density at radius 2 is 2.17 bits per heavy atom. The molecule has 2 aliphatic heterocycles. The minimum atomic E-state index is -0.277. The van der Waals surface area contributed by atoms with Gasteiger partial charge in [0.05, 0.1) is 18.8 Å². The molecular weight excluding hydrogens is 394 g/mol. The quantitative estimate of drug-likeness (QED) is 0.784. The standard InChI is InChI=1S/C21H22ClN3O4/c22-18-9-15(11-24-21(18)29-17-6-7-28-13-17)20(27)23-10-14-8-19(26)25(12-14)16-4-2-1-3-5-16/h1-5,9,11,14,17H,6-8,10,12-13H2,(H,23,27). The Morgan fingerprint density at radius 3 is 2.90 bits per heavy atom. The maximum Gasteiger partial charge on any atom is 0.252 e. The summed E-state index contributed by atoms with van der Waals surface area (Å²) < 4.78 is 11.0. The molecule has 4 rings (SSSR count). The topological polar surface area (TPSA) is 80.8 Å². The third-order valence-corrected chi connectivity index (χ3v) is 5.33. The summed E-state index contributed by atoms with van der Waals surface area (Å²) in [5.74, 6) is 0.150. The van der Waals surface area contributed by atoms with E-state index in [4.69, 9.17) is 21.1 Å². The van der Waals surface area contributed by atoms with Crippen LogP contribution < -0.4 is 15.0 Å². The Labute approximate surface area is 174 Å². The van der Waals surface area contributed by atoms with Crippen LogP contribution in [0.25, 0.3) is 0 Å². The highest BCUT2D eigenvalue weighted by Crippen LogP contribution is 2.26. The number of carbonyl (C=O) groups is 2. The van der Waals surface area contributed by atoms with Crippen molar-refractivity contribution < 1.29 is 19.1 Å². The van der Waals surface area contributed by atoms with Gasteiger partial charge in [-0.3, -0.25) is 9.59 Å². The normalized spacial score (nSPS) is 21.4. The van der Waals surface area contributed by atoms with Crippen LogP contribution >= 0.6 is 11.6 Å². The van der Waals surface area contributed by atoms with Crippen LogP contribution in [0.3, 0.4) is 0 Å². The van der Waals surface area contributed by atoms with E-state index in [0.29, 0.717) is 44.2 Å². The predicted octanol–water partition coefficient (Wildman–Crippen LogP) is 2.69. The molecule has 0 saturated carbocycles. The lowest BCUT2D eigenvalue weighted by Gasteiger charge is -2.17. The molecule has 2 atom stereocenters. The Kier molecular flexibility index (Phi) is 5.97. The Balaban J connectivity index is 1.31. The molecule has 0 aliphatic carbocycles. The molecule has 152 valence electrons. The van der Waals surface area contributed by atoms with Crippen LogP contribution in [0.2, 0.25) is 5.02 Å². The van der Waals surface area contributed by atoms with E-state index in [0.717, 1.165) is 12.1 Å². The van der Waals surface area contributed by atoms with Crippen molar-refractivity contribution in [3.8, 4) is 5.88 Å². The highest BCUT2D eigenvalue weighted by Gasteiger charge is 2.30. The van der Waals surface area contributed by atoms with Gasteiger partial charge in [0, 0.05) is 43.7 Å². The van der Waals surface area contributed by atoms with Crippen LogP contribution in [0.1, 0.15) is 23.2 Å². The lowest BCUT2D eigenvalue weighted by atomic mass is 10.1. The Morgan fingerprint density at radius 1 is 1.34 bits per heavy atom. The van der Waals surface area contributed by atoms with E-state index in [-0.39, 0.29) is 28.9 Å². The van der Waals surface area contributed by atoms with Gasteiger partial charge in [-0.2, -0.15) is 0 Å². The molecule has 0 radical (unpaired) electrons. The number of para-hydroxylation sites is 1. The minimum Gasteiger partial charge on any atom is -0.471 e. The number of halogens is 1. The van der Waals surface area contributed by atoms with E-state index in [9.17, 15) is 9.59 Å². The van der Waals surface area contributed by atoms with Crippen LogP contribution in [0.5, 0.6) is 5.88 Å². The number of amides is 2. The first-order chi connectivity index (χ1) is 14.1. The van der Waals surface area contributed by atoms with Gasteiger partial charge in [0.25, 0.3) is 5.91 Å². The molecule has 2 unspecified atom stereocenters. The van der Waals surface area contributed by atoms with Crippen molar-refractivity contribution in [2.24, 2.45) is 5.92 Å². The van der Waals surface area contributed by atoms with Crippen molar-refractivity contribution in [2.75, 3.05) is 31.2 Å². The molecule has 1 aromatic heterocycles. The van der Waals surface area contributed by atoms with Gasteiger partial charge >= 0.3 is 0 Å². The van der Waals surface area contributed by atoms with Gasteiger partial charge in [-0.1, -0.05) is 29.8 Å². The summed E-state index contributed by atoms with van der Waals surface area (Å²) in [6.45, 7) is 2.16. The molecule has 8 heteroatoms. The van der Waals surface area contributed by atoms with Crippen molar-refractivity contribution in [3.05, 3.63) is 53.2 Å². The van der Waals surface area contributed by atoms with Crippen LogP contribution in [0.15, 0.2) is 42.6 Å². The molecular formula is C21H22ClN3O4. The molecule has 1 N–H and O–H groups in total. The number of rotatable bonds is 6. The molecule has 2 saturated heterocycles. The monoisotopic (exact) mass is 415 g/mol. The second kappa shape index (κ2) is 8.80. The van der Waals surface area contributed by atoms with Crippen LogP contribution in [-0.2, 0) is 9.53 Å². The second-order valence-corrected chi connectivity index (χ2v) is 7.64. The van der Waals surface area contributed by atoms with E-state index in [2.05, 4.69) is 10.3 Å². The summed E-state index contributed by atoms with van der Waals surface area (Å²) in [6, 6.07) is 11.1. The first-order valence-electron chi connectivity index (χ1n) is 9.63. The predicted molar refractivity (Wildman–Crippen MR) is 108 cm³/mol. The zero-order valence-electron chi connectivity index (χ0n) is 15.8. The van der Waals surface area contributed by atoms with E-state index >= 15 is 0 Å². The summed E-state index contributed by atoms with van der Waals surface area (Å²) in [5.41, 5.74) is 1.24. The lowest BCUT2D eigenvalue weighted by Crippen LogP contribution is -2.31. The maximum absolute atomic E-state index is 12.5. The number of hydrogen-bond acceptors (Lipinski definition) is 5. The highest BCUT2D eigenvalue weighted by molar-refractivity contribution is 6.32. The van der Waals surface area contributed by atoms with Crippen LogP contribution in [-0.4, -0.2) is 49.2 Å². The van der Waals surface area contributed by atoms with E-state index in [1.54, 1.807) is 11.0 Å². The third kappa shape index (κ3) is 4.68. The molecule has 3 heterocycles. The van der Waals surface area contributed by atoms with Crippen molar-refractivity contribution >= 4 is 29.1 Å². The Bertz CT molecular complexity index is 887. The molecule has 2 amide bonds. The van der Waals surface area contributed by atoms with Crippen molar-refractivity contribution in [3.63, 3.8) is 0 Å². The van der Waals surface area contributed by atoms with Gasteiger partial charge in [0.15, 0.2) is 0 Å².